The first kappa shape index (κ1) is 14.7. The molecule has 0 atom stereocenters. The van der Waals surface area contributed by atoms with Crippen molar-refractivity contribution in [2.75, 3.05) is 18.0 Å². The van der Waals surface area contributed by atoms with Crippen molar-refractivity contribution in [1.82, 2.24) is 4.72 Å². The van der Waals surface area contributed by atoms with Crippen LogP contribution in [0.4, 0.5) is 5.69 Å². The molecule has 1 aliphatic rings. The van der Waals surface area contributed by atoms with Gasteiger partial charge in [0.1, 0.15) is 0 Å². The first-order valence-electron chi connectivity index (χ1n) is 6.36. The molecule has 1 aliphatic heterocycles. The van der Waals surface area contributed by atoms with Crippen LogP contribution < -0.4 is 9.62 Å². The summed E-state index contributed by atoms with van der Waals surface area (Å²) >= 11 is 0. The maximum Gasteiger partial charge on any atom is 0.240 e. The van der Waals surface area contributed by atoms with Gasteiger partial charge in [-0.1, -0.05) is 12.2 Å². The average molecular weight is 294 g/mol. The zero-order valence-electron chi connectivity index (χ0n) is 11.6. The van der Waals surface area contributed by atoms with Crippen LogP contribution in [0.25, 0.3) is 0 Å². The largest absolute Gasteiger partial charge is 0.312 e. The van der Waals surface area contributed by atoms with Gasteiger partial charge in [-0.15, -0.1) is 0 Å². The normalized spacial score (nSPS) is 14.2. The van der Waals surface area contributed by atoms with Gasteiger partial charge in [-0.05, 0) is 37.1 Å². The summed E-state index contributed by atoms with van der Waals surface area (Å²) in [5.74, 6) is -0.0280. The third-order valence-corrected chi connectivity index (χ3v) is 4.60. The molecule has 0 radical (unpaired) electrons. The molecular formula is C14H18N2O3S. The van der Waals surface area contributed by atoms with Crippen LogP contribution in [0.15, 0.2) is 35.2 Å². The standard InChI is InChI=1S/C14H18N2O3S/c1-10(2)9-15-20(18,19)13-4-5-14-12(8-13)6-7-16(14)11(3)17/h4-5,8,15H,1,6-7,9H2,2-3H3. The highest BCUT2D eigenvalue weighted by Gasteiger charge is 2.24. The van der Waals surface area contributed by atoms with E-state index in [1.54, 1.807) is 24.0 Å². The number of carbonyl (C=O) groups excluding carboxylic acids is 1. The Labute approximate surface area is 119 Å². The molecule has 0 spiro atoms. The Morgan fingerprint density at radius 2 is 2.10 bits per heavy atom. The van der Waals surface area contributed by atoms with Crippen molar-refractivity contribution in [1.29, 1.82) is 0 Å². The molecule has 1 heterocycles. The molecule has 0 bridgehead atoms. The molecule has 0 aromatic heterocycles. The number of sulfonamides is 1. The Kier molecular flexibility index (Phi) is 3.96. The molecule has 0 fully saturated rings. The van der Waals surface area contributed by atoms with Gasteiger partial charge in [-0.2, -0.15) is 0 Å². The maximum absolute atomic E-state index is 12.1. The van der Waals surface area contributed by atoms with Gasteiger partial charge in [0.05, 0.1) is 4.90 Å². The predicted octanol–water partition coefficient (Wildman–Crippen LogP) is 1.45. The van der Waals surface area contributed by atoms with Gasteiger partial charge >= 0.3 is 0 Å². The molecule has 2 rings (SSSR count). The number of benzene rings is 1. The number of hydrogen-bond acceptors (Lipinski definition) is 3. The van der Waals surface area contributed by atoms with E-state index < -0.39 is 10.0 Å². The van der Waals surface area contributed by atoms with Crippen molar-refractivity contribution in [3.63, 3.8) is 0 Å². The fourth-order valence-corrected chi connectivity index (χ4v) is 3.32. The number of anilines is 1. The summed E-state index contributed by atoms with van der Waals surface area (Å²) in [4.78, 5) is 13.3. The van der Waals surface area contributed by atoms with E-state index in [0.717, 1.165) is 16.8 Å². The van der Waals surface area contributed by atoms with E-state index in [9.17, 15) is 13.2 Å². The average Bonchev–Trinajstić information content (AvgIpc) is 2.79. The SMILES string of the molecule is C=C(C)CNS(=O)(=O)c1ccc2c(c1)CCN2C(C)=O. The number of fused-ring (bicyclic) bond motifs is 1. The Morgan fingerprint density at radius 3 is 2.70 bits per heavy atom. The van der Waals surface area contributed by atoms with Gasteiger partial charge < -0.3 is 4.90 Å². The zero-order valence-corrected chi connectivity index (χ0v) is 12.5. The summed E-state index contributed by atoms with van der Waals surface area (Å²) in [6.07, 6.45) is 0.679. The fraction of sp³-hybridized carbons (Fsp3) is 0.357. The third-order valence-electron chi connectivity index (χ3n) is 3.20. The van der Waals surface area contributed by atoms with Gasteiger partial charge in [-0.3, -0.25) is 4.79 Å². The van der Waals surface area contributed by atoms with Crippen molar-refractivity contribution in [3.05, 3.63) is 35.9 Å². The number of amides is 1. The van der Waals surface area contributed by atoms with E-state index in [1.165, 1.54) is 13.0 Å². The van der Waals surface area contributed by atoms with Gasteiger partial charge in [0.25, 0.3) is 0 Å². The highest BCUT2D eigenvalue weighted by atomic mass is 32.2. The summed E-state index contributed by atoms with van der Waals surface area (Å²) in [7, 11) is -3.53. The Morgan fingerprint density at radius 1 is 1.40 bits per heavy atom. The summed E-state index contributed by atoms with van der Waals surface area (Å²) in [6.45, 7) is 7.76. The van der Waals surface area contributed by atoms with Crippen molar-refractivity contribution in [3.8, 4) is 0 Å². The fourth-order valence-electron chi connectivity index (χ4n) is 2.17. The number of hydrogen-bond donors (Lipinski definition) is 1. The molecule has 1 N–H and O–H groups in total. The molecule has 0 unspecified atom stereocenters. The van der Waals surface area contributed by atoms with E-state index in [1.807, 2.05) is 0 Å². The van der Waals surface area contributed by atoms with Crippen molar-refractivity contribution in [2.45, 2.75) is 25.2 Å². The lowest BCUT2D eigenvalue weighted by Crippen LogP contribution is -2.26. The Bertz CT molecular complexity index is 665. The van der Waals surface area contributed by atoms with Crippen LogP contribution in [-0.2, 0) is 21.2 Å². The van der Waals surface area contributed by atoms with E-state index in [4.69, 9.17) is 0 Å². The maximum atomic E-state index is 12.1. The monoisotopic (exact) mass is 294 g/mol. The molecular weight excluding hydrogens is 276 g/mol. The van der Waals surface area contributed by atoms with Gasteiger partial charge in [0.2, 0.25) is 15.9 Å². The van der Waals surface area contributed by atoms with Gasteiger partial charge in [0.15, 0.2) is 0 Å². The zero-order chi connectivity index (χ0) is 14.9. The van der Waals surface area contributed by atoms with Crippen LogP contribution in [0.1, 0.15) is 19.4 Å². The van der Waals surface area contributed by atoms with Crippen LogP contribution in [0.3, 0.4) is 0 Å². The third kappa shape index (κ3) is 2.91. The smallest absolute Gasteiger partial charge is 0.240 e. The first-order valence-corrected chi connectivity index (χ1v) is 7.84. The lowest BCUT2D eigenvalue weighted by molar-refractivity contribution is -0.116. The molecule has 1 amide bonds. The molecule has 0 saturated heterocycles. The van der Waals surface area contributed by atoms with Crippen LogP contribution in [0.2, 0.25) is 0 Å². The molecule has 1 aromatic carbocycles. The quantitative estimate of drug-likeness (QED) is 0.855. The molecule has 0 aliphatic carbocycles. The van der Waals surface area contributed by atoms with Crippen molar-refractivity contribution in [2.24, 2.45) is 0 Å². The minimum atomic E-state index is -3.53. The number of carbonyl (C=O) groups is 1. The van der Waals surface area contributed by atoms with Crippen LogP contribution in [0.5, 0.6) is 0 Å². The molecule has 108 valence electrons. The molecule has 0 saturated carbocycles. The summed E-state index contributed by atoms with van der Waals surface area (Å²) in [6, 6.07) is 4.86. The lowest BCUT2D eigenvalue weighted by atomic mass is 10.2. The summed E-state index contributed by atoms with van der Waals surface area (Å²) in [5, 5.41) is 0. The minimum Gasteiger partial charge on any atom is -0.312 e. The Hall–Kier alpha value is -1.66. The summed E-state index contributed by atoms with van der Waals surface area (Å²) in [5.41, 5.74) is 2.44. The Balaban J connectivity index is 2.29. The van der Waals surface area contributed by atoms with Crippen molar-refractivity contribution < 1.29 is 13.2 Å². The summed E-state index contributed by atoms with van der Waals surface area (Å²) < 4.78 is 26.7. The number of nitrogens with one attached hydrogen (secondary N) is 1. The van der Waals surface area contributed by atoms with E-state index in [-0.39, 0.29) is 17.3 Å². The highest BCUT2D eigenvalue weighted by Crippen LogP contribution is 2.30. The van der Waals surface area contributed by atoms with Crippen LogP contribution >= 0.6 is 0 Å². The second-order valence-corrected chi connectivity index (χ2v) is 6.76. The second-order valence-electron chi connectivity index (χ2n) is 4.99. The molecule has 5 nitrogen and oxygen atoms in total. The topological polar surface area (TPSA) is 66.5 Å². The van der Waals surface area contributed by atoms with Gasteiger partial charge in [0, 0.05) is 25.7 Å². The van der Waals surface area contributed by atoms with E-state index >= 15 is 0 Å². The van der Waals surface area contributed by atoms with E-state index in [2.05, 4.69) is 11.3 Å². The second kappa shape index (κ2) is 5.38. The molecule has 20 heavy (non-hydrogen) atoms. The number of nitrogens with zero attached hydrogens (tertiary/aromatic N) is 1. The first-order chi connectivity index (χ1) is 9.31. The van der Waals surface area contributed by atoms with Crippen LogP contribution in [-0.4, -0.2) is 27.4 Å². The molecule has 1 aromatic rings. The minimum absolute atomic E-state index is 0.0280. The van der Waals surface area contributed by atoms with Crippen LogP contribution in [0, 0.1) is 0 Å². The van der Waals surface area contributed by atoms with Gasteiger partial charge in [-0.25, -0.2) is 13.1 Å². The number of rotatable bonds is 4. The highest BCUT2D eigenvalue weighted by molar-refractivity contribution is 7.89. The lowest BCUT2D eigenvalue weighted by Gasteiger charge is -2.15. The van der Waals surface area contributed by atoms with Crippen molar-refractivity contribution >= 4 is 21.6 Å². The predicted molar refractivity (Wildman–Crippen MR) is 78.2 cm³/mol. The molecule has 6 heteroatoms. The van der Waals surface area contributed by atoms with E-state index in [0.29, 0.717) is 13.0 Å².